The lowest BCUT2D eigenvalue weighted by Crippen LogP contribution is -2.65. The third-order valence-corrected chi connectivity index (χ3v) is 10.6. The lowest BCUT2D eigenvalue weighted by atomic mass is 9.69. The van der Waals surface area contributed by atoms with Crippen LogP contribution in [0.15, 0.2) is 24.3 Å². The van der Waals surface area contributed by atoms with Crippen molar-refractivity contribution in [3.63, 3.8) is 0 Å². The van der Waals surface area contributed by atoms with Crippen molar-refractivity contribution in [1.82, 2.24) is 9.80 Å². The van der Waals surface area contributed by atoms with E-state index in [1.165, 1.54) is 0 Å². The summed E-state index contributed by atoms with van der Waals surface area (Å²) in [6.45, 7) is 9.08. The zero-order chi connectivity index (χ0) is 33.3. The van der Waals surface area contributed by atoms with Gasteiger partial charge in [0.1, 0.15) is 6.10 Å². The summed E-state index contributed by atoms with van der Waals surface area (Å²) in [6, 6.07) is 7.00. The Balaban J connectivity index is 1.55. The van der Waals surface area contributed by atoms with Gasteiger partial charge in [0.2, 0.25) is 5.91 Å². The van der Waals surface area contributed by atoms with E-state index >= 15 is 0 Å². The third kappa shape index (κ3) is 7.44. The monoisotopic (exact) mass is 643 g/mol. The number of carbonyl (C=O) groups is 3. The number of ether oxygens (including phenoxy) is 4. The van der Waals surface area contributed by atoms with Crippen LogP contribution in [0.5, 0.6) is 0 Å². The quantitative estimate of drug-likeness (QED) is 0.476. The number of rotatable bonds is 3. The van der Waals surface area contributed by atoms with Crippen LogP contribution in [0.25, 0.3) is 0 Å². The molecule has 46 heavy (non-hydrogen) atoms. The van der Waals surface area contributed by atoms with Crippen molar-refractivity contribution in [2.75, 3.05) is 46.2 Å². The van der Waals surface area contributed by atoms with Gasteiger partial charge in [0.15, 0.2) is 6.29 Å². The average molecular weight is 644 g/mol. The summed E-state index contributed by atoms with van der Waals surface area (Å²) < 4.78 is 24.9. The van der Waals surface area contributed by atoms with E-state index in [4.69, 9.17) is 18.9 Å². The molecule has 0 unspecified atom stereocenters. The van der Waals surface area contributed by atoms with E-state index in [2.05, 4.69) is 10.2 Å². The molecule has 2 bridgehead atoms. The van der Waals surface area contributed by atoms with Gasteiger partial charge in [-0.1, -0.05) is 26.8 Å². The molecule has 2 N–H and O–H groups in total. The normalized spacial score (nSPS) is 38.2. The maximum Gasteiger partial charge on any atom is 0.309 e. The van der Waals surface area contributed by atoms with Crippen LogP contribution < -0.4 is 5.32 Å². The number of hydrogen-bond acceptors (Lipinski definition) is 9. The number of nitrogens with zero attached hydrogens (tertiary/aromatic N) is 2. The molecule has 10 atom stereocenters. The van der Waals surface area contributed by atoms with E-state index in [0.717, 1.165) is 6.42 Å². The summed E-state index contributed by atoms with van der Waals surface area (Å²) in [5.74, 6) is -2.79. The van der Waals surface area contributed by atoms with Crippen LogP contribution in [0, 0.1) is 29.6 Å². The van der Waals surface area contributed by atoms with E-state index in [1.54, 1.807) is 43.1 Å². The third-order valence-electron chi connectivity index (χ3n) is 10.6. The summed E-state index contributed by atoms with van der Waals surface area (Å²) >= 11 is 0. The molecule has 3 fully saturated rings. The van der Waals surface area contributed by atoms with Crippen LogP contribution in [0.2, 0.25) is 0 Å². The van der Waals surface area contributed by atoms with Gasteiger partial charge in [-0.3, -0.25) is 14.4 Å². The van der Waals surface area contributed by atoms with E-state index in [9.17, 15) is 19.5 Å². The maximum atomic E-state index is 13.8. The van der Waals surface area contributed by atoms with Crippen LogP contribution >= 0.6 is 0 Å². The second kappa shape index (κ2) is 14.3. The Kier molecular flexibility index (Phi) is 10.8. The number of aliphatic hydroxyl groups is 1. The van der Waals surface area contributed by atoms with Crippen LogP contribution in [0.4, 0.5) is 5.69 Å². The molecule has 0 saturated carbocycles. The first-order valence-corrected chi connectivity index (χ1v) is 16.9. The minimum Gasteiger partial charge on any atom is -0.461 e. The van der Waals surface area contributed by atoms with Gasteiger partial charge >= 0.3 is 5.97 Å². The van der Waals surface area contributed by atoms with Gasteiger partial charge in [-0.2, -0.15) is 0 Å². The minimum atomic E-state index is -1.35. The van der Waals surface area contributed by atoms with Crippen LogP contribution in [-0.2, 0) is 28.5 Å². The lowest BCUT2D eigenvalue weighted by Gasteiger charge is -2.55. The zero-order valence-corrected chi connectivity index (χ0v) is 28.4. The fourth-order valence-electron chi connectivity index (χ4n) is 8.22. The van der Waals surface area contributed by atoms with E-state index in [0.29, 0.717) is 56.7 Å². The van der Waals surface area contributed by atoms with E-state index in [-0.39, 0.29) is 47.7 Å². The molecule has 4 heterocycles. The molecule has 11 nitrogen and oxygen atoms in total. The molecule has 0 spiro atoms. The molecule has 5 rings (SSSR count). The minimum absolute atomic E-state index is 0.0437. The van der Waals surface area contributed by atoms with Crippen molar-refractivity contribution in [3.8, 4) is 0 Å². The SMILES string of the molecule is C[C@H]1CN(C)C(=O)c2cccc(c2)NC(=O)[C@H](C)[C@@H](OC(=O)C2CCOCC2)[C@H](C)[C@H]2O[C@@H]3O[C@H](C)C[C@H](N(C)C)[C@H]3C[C@@]2(O)C1. The number of nitrogens with one attached hydrogen (secondary N) is 1. The highest BCUT2D eigenvalue weighted by molar-refractivity contribution is 5.97. The molecule has 2 amide bonds. The Hall–Kier alpha value is -2.57. The summed E-state index contributed by atoms with van der Waals surface area (Å²) in [6.07, 6.45) is 0.352. The smallest absolute Gasteiger partial charge is 0.309 e. The summed E-state index contributed by atoms with van der Waals surface area (Å²) in [7, 11) is 5.84. The highest BCUT2D eigenvalue weighted by Gasteiger charge is 2.56. The highest BCUT2D eigenvalue weighted by Crippen LogP contribution is 2.47. The van der Waals surface area contributed by atoms with Crippen molar-refractivity contribution < 1.29 is 38.4 Å². The molecule has 11 heteroatoms. The fourth-order valence-corrected chi connectivity index (χ4v) is 8.22. The summed E-state index contributed by atoms with van der Waals surface area (Å²) in [5.41, 5.74) is -0.415. The van der Waals surface area contributed by atoms with Crippen molar-refractivity contribution in [1.29, 1.82) is 0 Å². The van der Waals surface area contributed by atoms with Crippen molar-refractivity contribution in [2.45, 2.75) is 96.0 Å². The largest absolute Gasteiger partial charge is 0.461 e. The number of amides is 2. The molecule has 0 aliphatic carbocycles. The first-order chi connectivity index (χ1) is 21.8. The first kappa shape index (κ1) is 34.8. The number of hydrogen-bond donors (Lipinski definition) is 2. The van der Waals surface area contributed by atoms with Crippen molar-refractivity contribution in [3.05, 3.63) is 29.8 Å². The van der Waals surface area contributed by atoms with Gasteiger partial charge in [-0.25, -0.2) is 0 Å². The Morgan fingerprint density at radius 2 is 1.80 bits per heavy atom. The van der Waals surface area contributed by atoms with Crippen LogP contribution in [-0.4, -0.2) is 110 Å². The maximum absolute atomic E-state index is 13.8. The van der Waals surface area contributed by atoms with E-state index in [1.807, 2.05) is 34.9 Å². The predicted molar refractivity (Wildman–Crippen MR) is 172 cm³/mol. The molecule has 0 radical (unpaired) electrons. The van der Waals surface area contributed by atoms with Crippen molar-refractivity contribution in [2.24, 2.45) is 29.6 Å². The summed E-state index contributed by atoms with van der Waals surface area (Å²) in [5, 5.41) is 15.7. The van der Waals surface area contributed by atoms with Gasteiger partial charge in [-0.15, -0.1) is 0 Å². The molecule has 1 aromatic carbocycles. The first-order valence-electron chi connectivity index (χ1n) is 16.9. The van der Waals surface area contributed by atoms with Crippen molar-refractivity contribution >= 4 is 23.5 Å². The molecule has 4 aliphatic rings. The molecule has 4 aliphatic heterocycles. The molecule has 1 aromatic rings. The van der Waals surface area contributed by atoms with Gasteiger partial charge < -0.3 is 39.2 Å². The summed E-state index contributed by atoms with van der Waals surface area (Å²) in [4.78, 5) is 44.7. The Bertz CT molecular complexity index is 1250. The van der Waals surface area contributed by atoms with Gasteiger partial charge in [-0.05, 0) is 77.2 Å². The molecule has 0 aromatic heterocycles. The molecular formula is C35H53N3O8. The topological polar surface area (TPSA) is 127 Å². The number of benzene rings is 1. The zero-order valence-electron chi connectivity index (χ0n) is 28.4. The number of carbonyl (C=O) groups excluding carboxylic acids is 3. The highest BCUT2D eigenvalue weighted by atomic mass is 16.7. The molecule has 3 saturated heterocycles. The fraction of sp³-hybridized carbons (Fsp3) is 0.743. The average Bonchev–Trinajstić information content (AvgIpc) is 3.01. The van der Waals surface area contributed by atoms with E-state index < -0.39 is 35.9 Å². The van der Waals surface area contributed by atoms with Gasteiger partial charge in [0.25, 0.3) is 5.91 Å². The van der Waals surface area contributed by atoms with Crippen LogP contribution in [0.3, 0.4) is 0 Å². The predicted octanol–water partition coefficient (Wildman–Crippen LogP) is 3.55. The molecule has 256 valence electrons. The Morgan fingerprint density at radius 3 is 2.50 bits per heavy atom. The second-order valence-electron chi connectivity index (χ2n) is 14.6. The van der Waals surface area contributed by atoms with Gasteiger partial charge in [0, 0.05) is 55.9 Å². The number of fused-ring (bicyclic) bond motifs is 4. The number of anilines is 1. The van der Waals surface area contributed by atoms with Crippen LogP contribution in [0.1, 0.15) is 70.2 Å². The molecular weight excluding hydrogens is 590 g/mol. The second-order valence-corrected chi connectivity index (χ2v) is 14.6. The van der Waals surface area contributed by atoms with Gasteiger partial charge in [0.05, 0.1) is 29.6 Å². The standard InChI is InChI=1S/C35H53N3O8/c1-20-17-35(42)18-27-28(37(5)6)15-21(2)44-34(27)46-30(35)22(3)29(45-33(41)24-11-13-43-14-12-24)23(4)31(39)36-26-10-8-9-25(16-26)32(40)38(7)19-20/h8-10,16,20-24,27-30,34,42H,11-15,17-19H2,1-7H3,(H,36,39)/t20-,21-,22+,23-,27-,28+,29+,30-,34+,35+/m1/s1. The Morgan fingerprint density at radius 1 is 1.09 bits per heavy atom. The number of esters is 1. The Labute approximate surface area is 273 Å². The lowest BCUT2D eigenvalue weighted by molar-refractivity contribution is -0.328.